The fraction of sp³-hybridized carbons (Fsp3) is 0.143. The topological polar surface area (TPSA) is 67.4 Å². The molecule has 2 N–H and O–H groups in total. The molecule has 144 valence electrons. The average Bonchev–Trinajstić information content (AvgIpc) is 3.16. The second-order valence-electron chi connectivity index (χ2n) is 6.29. The van der Waals surface area contributed by atoms with Crippen LogP contribution in [-0.4, -0.2) is 18.4 Å². The molecule has 3 rings (SSSR count). The quantitative estimate of drug-likeness (QED) is 0.576. The number of halogens is 1. The van der Waals surface area contributed by atoms with E-state index in [1.54, 1.807) is 30.3 Å². The monoisotopic (exact) mass is 414 g/mol. The predicted molar refractivity (Wildman–Crippen MR) is 114 cm³/mol. The normalized spacial score (nSPS) is 10.4. The highest BCUT2D eigenvalue weighted by molar-refractivity contribution is 7.12. The van der Waals surface area contributed by atoms with E-state index in [2.05, 4.69) is 10.6 Å². The van der Waals surface area contributed by atoms with Crippen LogP contribution in [0.4, 0.5) is 11.4 Å². The lowest BCUT2D eigenvalue weighted by Gasteiger charge is -2.11. The minimum Gasteiger partial charge on any atom is -0.484 e. The lowest BCUT2D eigenvalue weighted by Crippen LogP contribution is -2.20. The van der Waals surface area contributed by atoms with E-state index in [0.29, 0.717) is 27.0 Å². The van der Waals surface area contributed by atoms with Gasteiger partial charge in [0.1, 0.15) is 5.75 Å². The van der Waals surface area contributed by atoms with Gasteiger partial charge in [-0.3, -0.25) is 9.59 Å². The molecular weight excluding hydrogens is 396 g/mol. The average molecular weight is 415 g/mol. The molecule has 0 aliphatic heterocycles. The van der Waals surface area contributed by atoms with E-state index in [1.165, 1.54) is 11.3 Å². The van der Waals surface area contributed by atoms with E-state index in [1.807, 2.05) is 37.4 Å². The first-order valence-electron chi connectivity index (χ1n) is 8.56. The van der Waals surface area contributed by atoms with Crippen LogP contribution in [0.25, 0.3) is 0 Å². The van der Waals surface area contributed by atoms with Crippen molar-refractivity contribution in [3.63, 3.8) is 0 Å². The number of anilines is 2. The first-order chi connectivity index (χ1) is 13.4. The maximum Gasteiger partial charge on any atom is 0.265 e. The highest BCUT2D eigenvalue weighted by atomic mass is 35.5. The summed E-state index contributed by atoms with van der Waals surface area (Å²) in [5.74, 6) is 0.124. The van der Waals surface area contributed by atoms with Gasteiger partial charge in [0.2, 0.25) is 0 Å². The van der Waals surface area contributed by atoms with Crippen LogP contribution >= 0.6 is 22.9 Å². The van der Waals surface area contributed by atoms with Gasteiger partial charge >= 0.3 is 0 Å². The Labute approximate surface area is 172 Å². The fourth-order valence-electron chi connectivity index (χ4n) is 2.65. The molecule has 2 aromatic carbocycles. The predicted octanol–water partition coefficient (Wildman–Crippen LogP) is 5.29. The Hall–Kier alpha value is -2.83. The Morgan fingerprint density at radius 2 is 1.79 bits per heavy atom. The summed E-state index contributed by atoms with van der Waals surface area (Å²) in [7, 11) is 0. The van der Waals surface area contributed by atoms with E-state index in [9.17, 15) is 9.59 Å². The number of rotatable bonds is 6. The molecule has 0 unspecified atom stereocenters. The van der Waals surface area contributed by atoms with E-state index in [4.69, 9.17) is 16.3 Å². The number of carbonyl (C=O) groups is 2. The Morgan fingerprint density at radius 1 is 1.04 bits per heavy atom. The van der Waals surface area contributed by atoms with Crippen molar-refractivity contribution in [2.75, 3.05) is 17.2 Å². The maximum atomic E-state index is 12.1. The van der Waals surface area contributed by atoms with Gasteiger partial charge in [-0.1, -0.05) is 23.7 Å². The van der Waals surface area contributed by atoms with Gasteiger partial charge in [-0.25, -0.2) is 0 Å². The van der Waals surface area contributed by atoms with Crippen molar-refractivity contribution in [2.24, 2.45) is 0 Å². The smallest absolute Gasteiger partial charge is 0.265 e. The maximum absolute atomic E-state index is 12.1. The van der Waals surface area contributed by atoms with Gasteiger partial charge in [0.25, 0.3) is 11.8 Å². The molecule has 1 aromatic heterocycles. The molecule has 3 aromatic rings. The molecular formula is C21H19ClN2O3S. The third-order valence-corrected chi connectivity index (χ3v) is 4.99. The third-order valence-electron chi connectivity index (χ3n) is 3.81. The molecule has 0 aliphatic carbocycles. The molecule has 0 saturated heterocycles. The molecule has 5 nitrogen and oxygen atoms in total. The summed E-state index contributed by atoms with van der Waals surface area (Å²) in [6.07, 6.45) is 0. The molecule has 0 spiro atoms. The van der Waals surface area contributed by atoms with E-state index in [-0.39, 0.29) is 18.4 Å². The number of carbonyl (C=O) groups excluding carboxylic acids is 2. The van der Waals surface area contributed by atoms with Crippen LogP contribution in [0, 0.1) is 13.8 Å². The lowest BCUT2D eigenvalue weighted by atomic mass is 10.1. The number of nitrogens with one attached hydrogen (secondary N) is 2. The molecule has 0 atom stereocenters. The summed E-state index contributed by atoms with van der Waals surface area (Å²) in [6, 6.07) is 14.2. The molecule has 0 bridgehead atoms. The molecule has 7 heteroatoms. The number of hydrogen-bond acceptors (Lipinski definition) is 4. The highest BCUT2D eigenvalue weighted by Crippen LogP contribution is 2.26. The molecule has 28 heavy (non-hydrogen) atoms. The second kappa shape index (κ2) is 8.91. The standard InChI is InChI=1S/C21H19ClN2O3S/c1-13-8-14(2)10-16(9-13)27-12-20(25)23-15-5-6-18(17(22)11-15)24-21(26)19-4-3-7-28-19/h3-11H,12H2,1-2H3,(H,23,25)(H,24,26). The Kier molecular flexibility index (Phi) is 6.34. The zero-order chi connectivity index (χ0) is 20.1. The van der Waals surface area contributed by atoms with E-state index in [0.717, 1.165) is 11.1 Å². The van der Waals surface area contributed by atoms with Crippen molar-refractivity contribution >= 4 is 46.1 Å². The number of aryl methyl sites for hydroxylation is 2. The highest BCUT2D eigenvalue weighted by Gasteiger charge is 2.11. The van der Waals surface area contributed by atoms with Crippen LogP contribution in [0.5, 0.6) is 5.75 Å². The third kappa shape index (κ3) is 5.34. The summed E-state index contributed by atoms with van der Waals surface area (Å²) < 4.78 is 5.55. The number of ether oxygens (including phenoxy) is 1. The Balaban J connectivity index is 1.57. The van der Waals surface area contributed by atoms with Gasteiger partial charge in [-0.05, 0) is 66.8 Å². The van der Waals surface area contributed by atoms with Gasteiger partial charge in [0.15, 0.2) is 6.61 Å². The van der Waals surface area contributed by atoms with Gasteiger partial charge in [-0.2, -0.15) is 0 Å². The van der Waals surface area contributed by atoms with E-state index >= 15 is 0 Å². The largest absolute Gasteiger partial charge is 0.484 e. The lowest BCUT2D eigenvalue weighted by molar-refractivity contribution is -0.118. The van der Waals surface area contributed by atoms with Crippen molar-refractivity contribution < 1.29 is 14.3 Å². The summed E-state index contributed by atoms with van der Waals surface area (Å²) in [4.78, 5) is 24.8. The van der Waals surface area contributed by atoms with Crippen LogP contribution in [-0.2, 0) is 4.79 Å². The van der Waals surface area contributed by atoms with E-state index < -0.39 is 0 Å². The minimum absolute atomic E-state index is 0.114. The molecule has 0 saturated carbocycles. The van der Waals surface area contributed by atoms with Crippen molar-refractivity contribution in [1.82, 2.24) is 0 Å². The van der Waals surface area contributed by atoms with Crippen LogP contribution in [0.15, 0.2) is 53.9 Å². The summed E-state index contributed by atoms with van der Waals surface area (Å²) in [5, 5.41) is 7.64. The van der Waals surface area contributed by atoms with Crippen LogP contribution in [0.1, 0.15) is 20.8 Å². The number of benzene rings is 2. The minimum atomic E-state index is -0.300. The fourth-order valence-corrected chi connectivity index (χ4v) is 3.49. The molecule has 0 aliphatic rings. The van der Waals surface area contributed by atoms with Crippen LogP contribution < -0.4 is 15.4 Å². The van der Waals surface area contributed by atoms with Gasteiger partial charge in [0, 0.05) is 5.69 Å². The Morgan fingerprint density at radius 3 is 2.43 bits per heavy atom. The van der Waals surface area contributed by atoms with Gasteiger partial charge in [0.05, 0.1) is 15.6 Å². The van der Waals surface area contributed by atoms with Gasteiger partial charge < -0.3 is 15.4 Å². The van der Waals surface area contributed by atoms with Crippen LogP contribution in [0.3, 0.4) is 0 Å². The zero-order valence-corrected chi connectivity index (χ0v) is 17.0. The number of thiophene rings is 1. The molecule has 0 radical (unpaired) electrons. The zero-order valence-electron chi connectivity index (χ0n) is 15.4. The molecule has 1 heterocycles. The summed E-state index contributed by atoms with van der Waals surface area (Å²) >= 11 is 7.58. The Bertz CT molecular complexity index is 983. The summed E-state index contributed by atoms with van der Waals surface area (Å²) in [5.41, 5.74) is 3.14. The molecule has 2 amide bonds. The summed E-state index contributed by atoms with van der Waals surface area (Å²) in [6.45, 7) is 3.83. The number of amides is 2. The van der Waals surface area contributed by atoms with Crippen molar-refractivity contribution in [3.8, 4) is 5.75 Å². The van der Waals surface area contributed by atoms with Gasteiger partial charge in [-0.15, -0.1) is 11.3 Å². The molecule has 0 fully saturated rings. The van der Waals surface area contributed by atoms with Crippen LogP contribution in [0.2, 0.25) is 5.02 Å². The van der Waals surface area contributed by atoms with Crippen molar-refractivity contribution in [2.45, 2.75) is 13.8 Å². The number of hydrogen-bond donors (Lipinski definition) is 2. The van der Waals surface area contributed by atoms with Crippen molar-refractivity contribution in [3.05, 3.63) is 74.9 Å². The van der Waals surface area contributed by atoms with Crippen molar-refractivity contribution in [1.29, 1.82) is 0 Å². The first-order valence-corrected chi connectivity index (χ1v) is 9.82. The first kappa shape index (κ1) is 19.9. The SMILES string of the molecule is Cc1cc(C)cc(OCC(=O)Nc2ccc(NC(=O)c3cccs3)c(Cl)c2)c1. The second-order valence-corrected chi connectivity index (χ2v) is 7.64.